The van der Waals surface area contributed by atoms with Crippen LogP contribution in [-0.4, -0.2) is 24.0 Å². The number of carbonyl (C=O) groups is 1. The predicted octanol–water partition coefficient (Wildman–Crippen LogP) is 4.73. The van der Waals surface area contributed by atoms with Crippen molar-refractivity contribution in [3.63, 3.8) is 0 Å². The van der Waals surface area contributed by atoms with Gasteiger partial charge in [-0.15, -0.1) is 0 Å². The van der Waals surface area contributed by atoms with Gasteiger partial charge in [-0.05, 0) is 47.6 Å². The summed E-state index contributed by atoms with van der Waals surface area (Å²) in [4.78, 5) is 14.8. The summed E-state index contributed by atoms with van der Waals surface area (Å²) < 4.78 is 5.72. The highest BCUT2D eigenvalue weighted by Crippen LogP contribution is 2.30. The van der Waals surface area contributed by atoms with Crippen molar-refractivity contribution < 1.29 is 9.53 Å². The van der Waals surface area contributed by atoms with Crippen molar-refractivity contribution in [2.24, 2.45) is 0 Å². The van der Waals surface area contributed by atoms with Crippen molar-refractivity contribution in [1.29, 1.82) is 5.26 Å². The van der Waals surface area contributed by atoms with E-state index in [1.54, 1.807) is 11.0 Å². The highest BCUT2D eigenvalue weighted by molar-refractivity contribution is 6.04. The molecule has 0 atom stereocenters. The van der Waals surface area contributed by atoms with Crippen LogP contribution in [0, 0.1) is 11.3 Å². The van der Waals surface area contributed by atoms with Crippen molar-refractivity contribution in [2.45, 2.75) is 19.9 Å². The molecule has 1 heterocycles. The van der Waals surface area contributed by atoms with E-state index < -0.39 is 0 Å². The number of hydrogen-bond donors (Lipinski definition) is 0. The Morgan fingerprint density at radius 1 is 1.07 bits per heavy atom. The number of amides is 1. The van der Waals surface area contributed by atoms with Gasteiger partial charge in [-0.1, -0.05) is 54.6 Å². The number of benzene rings is 3. The first kappa shape index (κ1) is 18.8. The number of rotatable bonds is 4. The van der Waals surface area contributed by atoms with E-state index in [0.717, 1.165) is 34.1 Å². The molecule has 3 aromatic carbocycles. The summed E-state index contributed by atoms with van der Waals surface area (Å²) in [5.41, 5.74) is 3.41. The number of ether oxygens (including phenoxy) is 1. The zero-order valence-corrected chi connectivity index (χ0v) is 16.4. The molecule has 4 nitrogen and oxygen atoms in total. The molecule has 29 heavy (non-hydrogen) atoms. The van der Waals surface area contributed by atoms with Crippen LogP contribution in [0.4, 0.5) is 0 Å². The van der Waals surface area contributed by atoms with Crippen LogP contribution in [0.25, 0.3) is 16.8 Å². The largest absolute Gasteiger partial charge is 0.493 e. The first-order valence-electron chi connectivity index (χ1n) is 9.83. The Morgan fingerprint density at radius 3 is 2.55 bits per heavy atom. The third-order valence-electron chi connectivity index (χ3n) is 5.29. The van der Waals surface area contributed by atoms with Crippen molar-refractivity contribution in [3.8, 4) is 11.8 Å². The molecule has 0 bridgehead atoms. The van der Waals surface area contributed by atoms with Gasteiger partial charge in [0.15, 0.2) is 0 Å². The van der Waals surface area contributed by atoms with Crippen LogP contribution in [0.2, 0.25) is 0 Å². The maximum absolute atomic E-state index is 13.1. The van der Waals surface area contributed by atoms with Crippen molar-refractivity contribution in [1.82, 2.24) is 4.90 Å². The van der Waals surface area contributed by atoms with Gasteiger partial charge >= 0.3 is 0 Å². The standard InChI is InChI=1S/C25H22N2O2/c1-2-29-24-12-11-19(22-9-5-6-10-23(22)24)15-21(16-26)25(28)27-14-13-18-7-3-4-8-20(18)17-27/h3-12,15H,2,13-14,17H2,1H3. The number of hydrogen-bond acceptors (Lipinski definition) is 3. The molecule has 0 spiro atoms. The lowest BCUT2D eigenvalue weighted by Crippen LogP contribution is -2.36. The second-order valence-corrected chi connectivity index (χ2v) is 7.05. The van der Waals surface area contributed by atoms with E-state index in [2.05, 4.69) is 12.1 Å². The number of carbonyl (C=O) groups excluding carboxylic acids is 1. The van der Waals surface area contributed by atoms with Crippen LogP contribution in [0.5, 0.6) is 5.75 Å². The molecule has 0 saturated carbocycles. The first-order valence-corrected chi connectivity index (χ1v) is 9.83. The summed E-state index contributed by atoms with van der Waals surface area (Å²) in [5.74, 6) is 0.581. The van der Waals surface area contributed by atoms with E-state index in [9.17, 15) is 10.1 Å². The predicted molar refractivity (Wildman–Crippen MR) is 114 cm³/mol. The summed E-state index contributed by atoms with van der Waals surface area (Å²) in [7, 11) is 0. The van der Waals surface area contributed by atoms with E-state index in [4.69, 9.17) is 4.74 Å². The number of nitriles is 1. The minimum atomic E-state index is -0.222. The molecule has 0 saturated heterocycles. The molecular formula is C25H22N2O2. The molecule has 3 aromatic rings. The fourth-order valence-corrected chi connectivity index (χ4v) is 3.84. The van der Waals surface area contributed by atoms with E-state index in [1.165, 1.54) is 5.56 Å². The van der Waals surface area contributed by atoms with Gasteiger partial charge in [-0.25, -0.2) is 0 Å². The summed E-state index contributed by atoms with van der Waals surface area (Å²) in [6, 6.07) is 22.0. The van der Waals surface area contributed by atoms with Crippen LogP contribution in [0.15, 0.2) is 66.2 Å². The van der Waals surface area contributed by atoms with E-state index in [0.29, 0.717) is 19.7 Å². The topological polar surface area (TPSA) is 53.3 Å². The van der Waals surface area contributed by atoms with Gasteiger partial charge in [-0.3, -0.25) is 4.79 Å². The van der Waals surface area contributed by atoms with Gasteiger partial charge in [0, 0.05) is 18.5 Å². The van der Waals surface area contributed by atoms with Crippen molar-refractivity contribution in [2.75, 3.05) is 13.2 Å². The Labute approximate surface area is 170 Å². The smallest absolute Gasteiger partial charge is 0.264 e. The first-order chi connectivity index (χ1) is 14.2. The Kier molecular flexibility index (Phi) is 5.31. The summed E-state index contributed by atoms with van der Waals surface area (Å²) in [6.07, 6.45) is 2.51. The molecular weight excluding hydrogens is 360 g/mol. The minimum Gasteiger partial charge on any atom is -0.493 e. The zero-order chi connectivity index (χ0) is 20.2. The lowest BCUT2D eigenvalue weighted by atomic mass is 9.98. The van der Waals surface area contributed by atoms with E-state index >= 15 is 0 Å². The molecule has 0 aromatic heterocycles. The number of nitrogens with zero attached hydrogens (tertiary/aromatic N) is 2. The summed E-state index contributed by atoms with van der Waals surface area (Å²) in [5, 5.41) is 11.6. The molecule has 0 fully saturated rings. The third kappa shape index (κ3) is 3.72. The van der Waals surface area contributed by atoms with Gasteiger partial charge in [0.25, 0.3) is 5.91 Å². The average molecular weight is 382 g/mol. The van der Waals surface area contributed by atoms with Crippen LogP contribution in [0.3, 0.4) is 0 Å². The zero-order valence-electron chi connectivity index (χ0n) is 16.4. The van der Waals surface area contributed by atoms with Gasteiger partial charge in [0.1, 0.15) is 17.4 Å². The van der Waals surface area contributed by atoms with Gasteiger partial charge in [-0.2, -0.15) is 5.26 Å². The average Bonchev–Trinajstić information content (AvgIpc) is 2.78. The molecule has 0 unspecified atom stereocenters. The van der Waals surface area contributed by atoms with Gasteiger partial charge in [0.05, 0.1) is 6.61 Å². The van der Waals surface area contributed by atoms with Crippen LogP contribution < -0.4 is 4.74 Å². The minimum absolute atomic E-state index is 0.152. The normalized spacial score (nSPS) is 13.7. The molecule has 0 aliphatic carbocycles. The molecule has 1 amide bonds. The fourth-order valence-electron chi connectivity index (χ4n) is 3.84. The Balaban J connectivity index is 1.67. The summed E-state index contributed by atoms with van der Waals surface area (Å²) >= 11 is 0. The van der Waals surface area contributed by atoms with Crippen LogP contribution in [-0.2, 0) is 17.8 Å². The van der Waals surface area contributed by atoms with Crippen molar-refractivity contribution in [3.05, 3.63) is 82.9 Å². The molecule has 1 aliphatic heterocycles. The second kappa shape index (κ2) is 8.20. The highest BCUT2D eigenvalue weighted by Gasteiger charge is 2.23. The number of fused-ring (bicyclic) bond motifs is 2. The molecule has 0 radical (unpaired) electrons. The molecule has 1 aliphatic rings. The Morgan fingerprint density at radius 2 is 1.79 bits per heavy atom. The monoisotopic (exact) mass is 382 g/mol. The molecule has 4 heteroatoms. The quantitative estimate of drug-likeness (QED) is 0.484. The van der Waals surface area contributed by atoms with E-state index in [1.807, 2.05) is 61.5 Å². The Hall–Kier alpha value is -3.58. The van der Waals surface area contributed by atoms with Gasteiger partial charge in [0.2, 0.25) is 0 Å². The molecule has 144 valence electrons. The second-order valence-electron chi connectivity index (χ2n) is 7.05. The van der Waals surface area contributed by atoms with Crippen LogP contribution >= 0.6 is 0 Å². The highest BCUT2D eigenvalue weighted by atomic mass is 16.5. The lowest BCUT2D eigenvalue weighted by molar-refractivity contribution is -0.127. The third-order valence-corrected chi connectivity index (χ3v) is 5.29. The van der Waals surface area contributed by atoms with Crippen molar-refractivity contribution >= 4 is 22.8 Å². The SMILES string of the molecule is CCOc1ccc(C=C(C#N)C(=O)N2CCc3ccccc3C2)c2ccccc12. The van der Waals surface area contributed by atoms with E-state index in [-0.39, 0.29) is 11.5 Å². The van der Waals surface area contributed by atoms with Gasteiger partial charge < -0.3 is 9.64 Å². The van der Waals surface area contributed by atoms with Crippen LogP contribution in [0.1, 0.15) is 23.6 Å². The molecule has 0 N–H and O–H groups in total. The maximum Gasteiger partial charge on any atom is 0.264 e. The molecule has 4 rings (SSSR count). The lowest BCUT2D eigenvalue weighted by Gasteiger charge is -2.28. The summed E-state index contributed by atoms with van der Waals surface area (Å²) in [6.45, 7) is 3.69. The maximum atomic E-state index is 13.1. The fraction of sp³-hybridized carbons (Fsp3) is 0.200. The Bertz CT molecular complexity index is 1140.